The molecule has 0 radical (unpaired) electrons. The Bertz CT molecular complexity index is 424. The number of allylic oxidation sites excluding steroid dienone is 1. The Morgan fingerprint density at radius 2 is 1.84 bits per heavy atom. The SMILES string of the molecule is CCOC(C)=O.COc1ccc(C=CC(=O)Cl)cc1. The molecule has 1 aromatic carbocycles. The fraction of sp³-hybridized carbons (Fsp3) is 0.286. The first-order valence-corrected chi connectivity index (χ1v) is 6.02. The van der Waals surface area contributed by atoms with Crippen LogP contribution in [0.2, 0.25) is 0 Å². The van der Waals surface area contributed by atoms with Crippen LogP contribution in [0.4, 0.5) is 0 Å². The molecule has 0 N–H and O–H groups in total. The molecule has 0 amide bonds. The predicted octanol–water partition coefficient (Wildman–Crippen LogP) is 3.04. The van der Waals surface area contributed by atoms with Crippen LogP contribution in [0.15, 0.2) is 30.3 Å². The van der Waals surface area contributed by atoms with E-state index in [-0.39, 0.29) is 5.97 Å². The van der Waals surface area contributed by atoms with Crippen molar-refractivity contribution >= 4 is 28.9 Å². The van der Waals surface area contributed by atoms with E-state index >= 15 is 0 Å². The summed E-state index contributed by atoms with van der Waals surface area (Å²) in [5.41, 5.74) is 0.912. The highest BCUT2D eigenvalue weighted by Crippen LogP contribution is 2.12. The summed E-state index contributed by atoms with van der Waals surface area (Å²) in [6, 6.07) is 7.32. The van der Waals surface area contributed by atoms with Gasteiger partial charge in [-0.1, -0.05) is 18.2 Å². The quantitative estimate of drug-likeness (QED) is 0.484. The number of hydrogen-bond donors (Lipinski definition) is 0. The minimum absolute atomic E-state index is 0.211. The van der Waals surface area contributed by atoms with Crippen molar-refractivity contribution < 1.29 is 19.1 Å². The van der Waals surface area contributed by atoms with Gasteiger partial charge in [0.05, 0.1) is 13.7 Å². The topological polar surface area (TPSA) is 52.6 Å². The normalized spacial score (nSPS) is 9.47. The van der Waals surface area contributed by atoms with Gasteiger partial charge in [0.25, 0.3) is 0 Å². The van der Waals surface area contributed by atoms with Crippen LogP contribution in [-0.4, -0.2) is 24.9 Å². The van der Waals surface area contributed by atoms with Crippen LogP contribution in [0.5, 0.6) is 5.75 Å². The van der Waals surface area contributed by atoms with Gasteiger partial charge in [-0.3, -0.25) is 9.59 Å². The van der Waals surface area contributed by atoms with Crippen LogP contribution < -0.4 is 4.74 Å². The molecule has 0 unspecified atom stereocenters. The number of methoxy groups -OCH3 is 1. The third-order valence-corrected chi connectivity index (χ3v) is 2.00. The van der Waals surface area contributed by atoms with E-state index in [4.69, 9.17) is 16.3 Å². The molecule has 0 saturated carbocycles. The molecule has 0 heterocycles. The summed E-state index contributed by atoms with van der Waals surface area (Å²) in [7, 11) is 1.60. The maximum Gasteiger partial charge on any atom is 0.302 e. The summed E-state index contributed by atoms with van der Waals surface area (Å²) in [5, 5.41) is -0.476. The predicted molar refractivity (Wildman–Crippen MR) is 75.2 cm³/mol. The third kappa shape index (κ3) is 9.85. The first kappa shape index (κ1) is 17.2. The highest BCUT2D eigenvalue weighted by atomic mass is 35.5. The van der Waals surface area contributed by atoms with Crippen LogP contribution in [0.3, 0.4) is 0 Å². The Balaban J connectivity index is 0.000000459. The van der Waals surface area contributed by atoms with Gasteiger partial charge in [-0.2, -0.15) is 0 Å². The molecular weight excluding hydrogens is 268 g/mol. The van der Waals surface area contributed by atoms with Gasteiger partial charge in [-0.15, -0.1) is 0 Å². The van der Waals surface area contributed by atoms with Gasteiger partial charge in [0.15, 0.2) is 0 Å². The Hall–Kier alpha value is -1.81. The number of halogens is 1. The number of ether oxygens (including phenoxy) is 2. The van der Waals surface area contributed by atoms with Gasteiger partial charge < -0.3 is 9.47 Å². The number of carbonyl (C=O) groups excluding carboxylic acids is 2. The van der Waals surface area contributed by atoms with Crippen LogP contribution in [-0.2, 0) is 14.3 Å². The monoisotopic (exact) mass is 284 g/mol. The maximum atomic E-state index is 10.4. The Kier molecular flexibility index (Phi) is 9.18. The van der Waals surface area contributed by atoms with Crippen molar-refractivity contribution in [2.75, 3.05) is 13.7 Å². The molecule has 0 aromatic heterocycles. The van der Waals surface area contributed by atoms with Gasteiger partial charge in [-0.05, 0) is 42.3 Å². The zero-order valence-corrected chi connectivity index (χ0v) is 11.9. The maximum absolute atomic E-state index is 10.4. The van der Waals surface area contributed by atoms with Crippen molar-refractivity contribution in [1.29, 1.82) is 0 Å². The van der Waals surface area contributed by atoms with Crippen molar-refractivity contribution in [3.63, 3.8) is 0 Å². The van der Waals surface area contributed by atoms with Gasteiger partial charge in [0, 0.05) is 6.92 Å². The minimum Gasteiger partial charge on any atom is -0.497 e. The van der Waals surface area contributed by atoms with E-state index in [2.05, 4.69) is 4.74 Å². The van der Waals surface area contributed by atoms with Crippen LogP contribution in [0, 0.1) is 0 Å². The summed E-state index contributed by atoms with van der Waals surface area (Å²) in [6.45, 7) is 3.65. The summed E-state index contributed by atoms with van der Waals surface area (Å²) < 4.78 is 9.38. The first-order valence-electron chi connectivity index (χ1n) is 5.64. The number of carbonyl (C=O) groups is 2. The van der Waals surface area contributed by atoms with E-state index in [0.717, 1.165) is 11.3 Å². The highest BCUT2D eigenvalue weighted by Gasteiger charge is 1.90. The third-order valence-electron chi connectivity index (χ3n) is 1.87. The fourth-order valence-electron chi connectivity index (χ4n) is 1.08. The largest absolute Gasteiger partial charge is 0.497 e. The van der Waals surface area contributed by atoms with E-state index in [1.165, 1.54) is 13.0 Å². The smallest absolute Gasteiger partial charge is 0.302 e. The average Bonchev–Trinajstić information content (AvgIpc) is 2.37. The van der Waals surface area contributed by atoms with E-state index in [0.29, 0.717) is 6.61 Å². The van der Waals surface area contributed by atoms with E-state index in [1.807, 2.05) is 24.3 Å². The van der Waals surface area contributed by atoms with E-state index < -0.39 is 5.24 Å². The molecule has 104 valence electrons. The molecule has 0 aliphatic heterocycles. The van der Waals surface area contributed by atoms with Crippen molar-refractivity contribution in [1.82, 2.24) is 0 Å². The molecule has 19 heavy (non-hydrogen) atoms. The number of esters is 1. The summed E-state index contributed by atoms with van der Waals surface area (Å²) in [4.78, 5) is 20.2. The van der Waals surface area contributed by atoms with Crippen molar-refractivity contribution in [3.05, 3.63) is 35.9 Å². The summed E-state index contributed by atoms with van der Waals surface area (Å²) in [5.74, 6) is 0.576. The van der Waals surface area contributed by atoms with Crippen molar-refractivity contribution in [3.8, 4) is 5.75 Å². The van der Waals surface area contributed by atoms with Gasteiger partial charge in [-0.25, -0.2) is 0 Å². The van der Waals surface area contributed by atoms with E-state index in [9.17, 15) is 9.59 Å². The molecule has 0 bridgehead atoms. The van der Waals surface area contributed by atoms with Crippen LogP contribution in [0.1, 0.15) is 19.4 Å². The standard InChI is InChI=1S/C10H9ClO2.C4H8O2/c1-13-9-5-2-8(3-6-9)4-7-10(11)12;1-3-6-4(2)5/h2-7H,1H3;3H2,1-2H3. The molecule has 4 nitrogen and oxygen atoms in total. The zero-order chi connectivity index (χ0) is 14.7. The molecule has 1 aromatic rings. The van der Waals surface area contributed by atoms with Crippen molar-refractivity contribution in [2.24, 2.45) is 0 Å². The van der Waals surface area contributed by atoms with Gasteiger partial charge in [0.2, 0.25) is 5.24 Å². The van der Waals surface area contributed by atoms with Gasteiger partial charge >= 0.3 is 5.97 Å². The lowest BCUT2D eigenvalue weighted by Gasteiger charge is -1.98. The van der Waals surface area contributed by atoms with Gasteiger partial charge in [0.1, 0.15) is 5.75 Å². The number of benzene rings is 1. The lowest BCUT2D eigenvalue weighted by Crippen LogP contribution is -1.95. The van der Waals surface area contributed by atoms with Crippen LogP contribution >= 0.6 is 11.6 Å². The second-order valence-corrected chi connectivity index (χ2v) is 3.71. The second-order valence-electron chi connectivity index (χ2n) is 3.34. The van der Waals surface area contributed by atoms with E-state index in [1.54, 1.807) is 20.1 Å². The molecule has 5 heteroatoms. The first-order chi connectivity index (χ1) is 8.99. The molecule has 0 spiro atoms. The molecule has 0 aliphatic carbocycles. The molecule has 0 fully saturated rings. The molecule has 0 aliphatic rings. The number of rotatable bonds is 4. The molecule has 0 atom stereocenters. The summed E-state index contributed by atoms with van der Waals surface area (Å²) >= 11 is 5.14. The Morgan fingerprint density at radius 3 is 2.16 bits per heavy atom. The lowest BCUT2D eigenvalue weighted by atomic mass is 10.2. The Labute approximate surface area is 118 Å². The second kappa shape index (κ2) is 10.1. The van der Waals surface area contributed by atoms with Crippen molar-refractivity contribution in [2.45, 2.75) is 13.8 Å². The summed E-state index contributed by atoms with van der Waals surface area (Å²) in [6.07, 6.45) is 2.96. The molecule has 1 rings (SSSR count). The lowest BCUT2D eigenvalue weighted by molar-refractivity contribution is -0.140. The zero-order valence-electron chi connectivity index (χ0n) is 11.2. The molecule has 0 saturated heterocycles. The highest BCUT2D eigenvalue weighted by molar-refractivity contribution is 6.66. The Morgan fingerprint density at radius 1 is 1.26 bits per heavy atom. The average molecular weight is 285 g/mol. The number of hydrogen-bond acceptors (Lipinski definition) is 4. The fourth-order valence-corrected chi connectivity index (χ4v) is 1.14. The molecular formula is C14H17ClO4. The van der Waals surface area contributed by atoms with Crippen LogP contribution in [0.25, 0.3) is 6.08 Å². The minimum atomic E-state index is -0.476.